The minimum absolute atomic E-state index is 0.0136. The van der Waals surface area contributed by atoms with Crippen LogP contribution in [0.4, 0.5) is 4.79 Å². The molecule has 0 aromatic heterocycles. The number of aryl methyl sites for hydroxylation is 1. The Morgan fingerprint density at radius 2 is 1.84 bits per heavy atom. The van der Waals surface area contributed by atoms with Gasteiger partial charge in [-0.05, 0) is 51.3 Å². The number of benzene rings is 1. The molecule has 1 aromatic rings. The minimum atomic E-state index is -0.371. The van der Waals surface area contributed by atoms with Crippen LogP contribution >= 0.6 is 0 Å². The summed E-state index contributed by atoms with van der Waals surface area (Å²) in [5, 5.41) is 7.78. The first kappa shape index (κ1) is 20.4. The minimum Gasteiger partial charge on any atom is -0.491 e. The molecule has 136 valence electrons. The number of nitrogens with one attached hydrogen (secondary N) is 3. The summed E-state index contributed by atoms with van der Waals surface area (Å²) in [6.45, 7) is 5.96. The highest BCUT2D eigenvalue weighted by molar-refractivity contribution is 5.84. The van der Waals surface area contributed by atoms with Crippen molar-refractivity contribution in [2.24, 2.45) is 0 Å². The third kappa shape index (κ3) is 9.26. The number of carbonyl (C=O) groups is 2. The Morgan fingerprint density at radius 1 is 1.16 bits per heavy atom. The number of terminal acetylenes is 1. The molecule has 0 aliphatic rings. The molecule has 25 heavy (non-hydrogen) atoms. The highest BCUT2D eigenvalue weighted by Crippen LogP contribution is 2.15. The topological polar surface area (TPSA) is 79.5 Å². The lowest BCUT2D eigenvalue weighted by Crippen LogP contribution is -2.45. The fraction of sp³-hybridized carbons (Fsp3) is 0.474. The molecule has 0 saturated heterocycles. The average Bonchev–Trinajstić information content (AvgIpc) is 2.57. The van der Waals surface area contributed by atoms with Crippen molar-refractivity contribution in [1.29, 1.82) is 0 Å². The maximum atomic E-state index is 11.7. The molecule has 1 atom stereocenters. The van der Waals surface area contributed by atoms with E-state index in [0.717, 1.165) is 18.6 Å². The van der Waals surface area contributed by atoms with Crippen LogP contribution in [-0.2, 0) is 11.2 Å². The van der Waals surface area contributed by atoms with Crippen molar-refractivity contribution >= 4 is 11.9 Å². The quantitative estimate of drug-likeness (QED) is 0.598. The molecular formula is C19H27N3O3. The van der Waals surface area contributed by atoms with Crippen LogP contribution in [-0.4, -0.2) is 37.2 Å². The number of hydrogen-bond donors (Lipinski definition) is 3. The van der Waals surface area contributed by atoms with Gasteiger partial charge >= 0.3 is 6.03 Å². The van der Waals surface area contributed by atoms with Crippen molar-refractivity contribution in [2.45, 2.75) is 45.8 Å². The predicted octanol–water partition coefficient (Wildman–Crippen LogP) is 1.84. The molecule has 0 spiro atoms. The van der Waals surface area contributed by atoms with Gasteiger partial charge in [0.2, 0.25) is 5.91 Å². The number of rotatable bonds is 9. The van der Waals surface area contributed by atoms with Crippen LogP contribution in [0.5, 0.6) is 5.75 Å². The maximum Gasteiger partial charge on any atom is 0.315 e. The second-order valence-electron chi connectivity index (χ2n) is 6.06. The predicted molar refractivity (Wildman–Crippen MR) is 98.4 cm³/mol. The molecule has 0 radical (unpaired) electrons. The summed E-state index contributed by atoms with van der Waals surface area (Å²) < 4.78 is 5.61. The van der Waals surface area contributed by atoms with Crippen molar-refractivity contribution in [3.05, 3.63) is 29.8 Å². The number of hydrogen-bond acceptors (Lipinski definition) is 3. The number of ether oxygens (including phenoxy) is 1. The molecule has 0 fully saturated rings. The summed E-state index contributed by atoms with van der Waals surface area (Å²) >= 11 is 0. The largest absolute Gasteiger partial charge is 0.491 e. The lowest BCUT2D eigenvalue weighted by molar-refractivity contribution is -0.119. The lowest BCUT2D eigenvalue weighted by atomic mass is 10.1. The van der Waals surface area contributed by atoms with E-state index in [1.54, 1.807) is 0 Å². The molecule has 0 bridgehead atoms. The summed E-state index contributed by atoms with van der Waals surface area (Å²) in [5.74, 6) is 2.83. The van der Waals surface area contributed by atoms with E-state index in [1.807, 2.05) is 45.0 Å². The normalized spacial score (nSPS) is 11.3. The van der Waals surface area contributed by atoms with Crippen LogP contribution in [0.1, 0.15) is 32.8 Å². The Hall–Kier alpha value is -2.68. The molecule has 0 aliphatic heterocycles. The number of urea groups is 1. The molecule has 0 aliphatic carbocycles. The smallest absolute Gasteiger partial charge is 0.315 e. The van der Waals surface area contributed by atoms with E-state index in [-0.39, 0.29) is 37.2 Å². The van der Waals surface area contributed by atoms with E-state index in [1.165, 1.54) is 5.56 Å². The highest BCUT2D eigenvalue weighted by Gasteiger charge is 2.09. The molecule has 1 unspecified atom stereocenters. The Kier molecular flexibility index (Phi) is 8.94. The average molecular weight is 345 g/mol. The van der Waals surface area contributed by atoms with Gasteiger partial charge in [0.15, 0.2) is 0 Å². The third-order valence-corrected chi connectivity index (χ3v) is 3.34. The van der Waals surface area contributed by atoms with E-state index in [9.17, 15) is 9.59 Å². The molecule has 0 saturated carbocycles. The Balaban J connectivity index is 2.27. The molecule has 1 aromatic carbocycles. The molecular weight excluding hydrogens is 318 g/mol. The van der Waals surface area contributed by atoms with E-state index in [4.69, 9.17) is 11.2 Å². The van der Waals surface area contributed by atoms with E-state index >= 15 is 0 Å². The first-order valence-electron chi connectivity index (χ1n) is 8.40. The molecule has 0 heterocycles. The Labute approximate surface area is 149 Å². The summed E-state index contributed by atoms with van der Waals surface area (Å²) in [4.78, 5) is 23.1. The summed E-state index contributed by atoms with van der Waals surface area (Å²) in [6.07, 6.45) is 6.82. The summed E-state index contributed by atoms with van der Waals surface area (Å²) in [6, 6.07) is 7.58. The van der Waals surface area contributed by atoms with Crippen molar-refractivity contribution < 1.29 is 14.3 Å². The third-order valence-electron chi connectivity index (χ3n) is 3.34. The Morgan fingerprint density at radius 3 is 2.44 bits per heavy atom. The summed E-state index contributed by atoms with van der Waals surface area (Å²) in [5.41, 5.74) is 1.18. The summed E-state index contributed by atoms with van der Waals surface area (Å²) in [7, 11) is 0. The highest BCUT2D eigenvalue weighted by atomic mass is 16.5. The SMILES string of the molecule is C#CCNC(=O)CNC(=O)NC(C)CCc1ccc(OC(C)C)cc1. The van der Waals surface area contributed by atoms with Crippen LogP contribution in [0, 0.1) is 12.3 Å². The van der Waals surface area contributed by atoms with Gasteiger partial charge in [0.1, 0.15) is 5.75 Å². The van der Waals surface area contributed by atoms with E-state index in [0.29, 0.717) is 0 Å². The second kappa shape index (κ2) is 11.0. The van der Waals surface area contributed by atoms with Crippen molar-refractivity contribution in [2.75, 3.05) is 13.1 Å². The molecule has 3 amide bonds. The van der Waals surface area contributed by atoms with Crippen LogP contribution in [0.25, 0.3) is 0 Å². The zero-order valence-corrected chi connectivity index (χ0v) is 15.1. The van der Waals surface area contributed by atoms with Gasteiger partial charge < -0.3 is 20.7 Å². The van der Waals surface area contributed by atoms with Gasteiger partial charge in [-0.3, -0.25) is 4.79 Å². The van der Waals surface area contributed by atoms with Gasteiger partial charge in [-0.1, -0.05) is 18.1 Å². The van der Waals surface area contributed by atoms with Gasteiger partial charge in [0.25, 0.3) is 0 Å². The Bertz CT molecular complexity index is 591. The van der Waals surface area contributed by atoms with Crippen molar-refractivity contribution in [1.82, 2.24) is 16.0 Å². The maximum absolute atomic E-state index is 11.7. The molecule has 6 heteroatoms. The molecule has 6 nitrogen and oxygen atoms in total. The standard InChI is InChI=1S/C19H27N3O3/c1-5-12-20-18(23)13-21-19(24)22-15(4)6-7-16-8-10-17(11-9-16)25-14(2)3/h1,8-11,14-15H,6-7,12-13H2,2-4H3,(H,20,23)(H2,21,22,24). The fourth-order valence-electron chi connectivity index (χ4n) is 2.11. The van der Waals surface area contributed by atoms with E-state index in [2.05, 4.69) is 21.9 Å². The van der Waals surface area contributed by atoms with E-state index < -0.39 is 0 Å². The zero-order valence-electron chi connectivity index (χ0n) is 15.1. The fourth-order valence-corrected chi connectivity index (χ4v) is 2.11. The molecule has 1 rings (SSSR count). The molecule has 3 N–H and O–H groups in total. The first-order chi connectivity index (χ1) is 11.9. The van der Waals surface area contributed by atoms with Gasteiger partial charge in [-0.15, -0.1) is 6.42 Å². The van der Waals surface area contributed by atoms with Crippen molar-refractivity contribution in [3.63, 3.8) is 0 Å². The van der Waals surface area contributed by atoms with Crippen LogP contribution in [0.3, 0.4) is 0 Å². The van der Waals surface area contributed by atoms with Crippen LogP contribution in [0.2, 0.25) is 0 Å². The van der Waals surface area contributed by atoms with Gasteiger partial charge in [-0.25, -0.2) is 4.79 Å². The zero-order chi connectivity index (χ0) is 18.7. The van der Waals surface area contributed by atoms with Crippen LogP contribution in [0.15, 0.2) is 24.3 Å². The second-order valence-corrected chi connectivity index (χ2v) is 6.06. The van der Waals surface area contributed by atoms with Crippen LogP contribution < -0.4 is 20.7 Å². The van der Waals surface area contributed by atoms with Crippen molar-refractivity contribution in [3.8, 4) is 18.1 Å². The monoisotopic (exact) mass is 345 g/mol. The number of carbonyl (C=O) groups excluding carboxylic acids is 2. The lowest BCUT2D eigenvalue weighted by Gasteiger charge is -2.15. The van der Waals surface area contributed by atoms with Gasteiger partial charge in [0.05, 0.1) is 19.2 Å². The number of amides is 3. The van der Waals surface area contributed by atoms with Gasteiger partial charge in [0, 0.05) is 6.04 Å². The first-order valence-corrected chi connectivity index (χ1v) is 8.40. The van der Waals surface area contributed by atoms with Gasteiger partial charge in [-0.2, -0.15) is 0 Å².